The van der Waals surface area contributed by atoms with Crippen molar-refractivity contribution in [1.82, 2.24) is 0 Å². The minimum atomic E-state index is -1.46. The number of carbonyl (C=O) groups is 2. The molecule has 88 valence electrons. The van der Waals surface area contributed by atoms with Crippen molar-refractivity contribution in [3.8, 4) is 0 Å². The molecule has 0 aromatic rings. The molecule has 0 aliphatic carbocycles. The van der Waals surface area contributed by atoms with Gasteiger partial charge in [0.2, 0.25) is 0 Å². The maximum atomic E-state index is 11.5. The van der Waals surface area contributed by atoms with Gasteiger partial charge < -0.3 is 15.6 Å². The molecule has 0 aliphatic heterocycles. The highest BCUT2D eigenvalue weighted by Gasteiger charge is 2.41. The lowest BCUT2D eigenvalue weighted by molar-refractivity contribution is -0.168. The minimum Gasteiger partial charge on any atom is -0.480 e. The van der Waals surface area contributed by atoms with Crippen LogP contribution in [0.5, 0.6) is 0 Å². The summed E-state index contributed by atoms with van der Waals surface area (Å²) in [5.74, 6) is -1.89. The fourth-order valence-corrected chi connectivity index (χ4v) is 0.843. The van der Waals surface area contributed by atoms with Crippen LogP contribution in [0.4, 0.5) is 0 Å². The molecule has 0 aliphatic rings. The number of ether oxygens (including phenoxy) is 1. The number of carboxylic acids is 1. The van der Waals surface area contributed by atoms with Gasteiger partial charge in [0.05, 0.1) is 0 Å². The number of aliphatic carboxylic acids is 1. The second-order valence-electron chi connectivity index (χ2n) is 3.76. The molecular formula is C10H19NO4. The molecule has 2 atom stereocenters. The third-order valence-electron chi connectivity index (χ3n) is 2.58. The fraction of sp³-hybridized carbons (Fsp3) is 0.800. The van der Waals surface area contributed by atoms with Crippen LogP contribution in [0.25, 0.3) is 0 Å². The van der Waals surface area contributed by atoms with E-state index in [1.807, 2.05) is 6.92 Å². The first-order valence-corrected chi connectivity index (χ1v) is 5.04. The maximum absolute atomic E-state index is 11.5. The van der Waals surface area contributed by atoms with Gasteiger partial charge in [0.1, 0.15) is 6.61 Å². The number of rotatable bonds is 6. The van der Waals surface area contributed by atoms with Crippen LogP contribution in [0.2, 0.25) is 0 Å². The Kier molecular flexibility index (Phi) is 5.28. The summed E-state index contributed by atoms with van der Waals surface area (Å²) in [6, 6.07) is -0.233. The molecule has 0 heterocycles. The largest absolute Gasteiger partial charge is 0.480 e. The van der Waals surface area contributed by atoms with Crippen molar-refractivity contribution in [2.24, 2.45) is 11.1 Å². The molecule has 15 heavy (non-hydrogen) atoms. The molecule has 3 N–H and O–H groups in total. The summed E-state index contributed by atoms with van der Waals surface area (Å²) >= 11 is 0. The fourth-order valence-electron chi connectivity index (χ4n) is 0.843. The second kappa shape index (κ2) is 5.70. The summed E-state index contributed by atoms with van der Waals surface area (Å²) < 4.78 is 4.87. The Balaban J connectivity index is 4.36. The molecule has 0 bridgehead atoms. The van der Waals surface area contributed by atoms with Gasteiger partial charge in [-0.3, -0.25) is 9.59 Å². The van der Waals surface area contributed by atoms with Crippen molar-refractivity contribution < 1.29 is 19.4 Å². The Morgan fingerprint density at radius 1 is 1.47 bits per heavy atom. The van der Waals surface area contributed by atoms with E-state index >= 15 is 0 Å². The number of nitrogens with two attached hydrogens (primary N) is 1. The van der Waals surface area contributed by atoms with Crippen molar-refractivity contribution in [3.63, 3.8) is 0 Å². The molecule has 0 rings (SSSR count). The van der Waals surface area contributed by atoms with E-state index in [1.54, 1.807) is 6.92 Å². The van der Waals surface area contributed by atoms with Gasteiger partial charge in [-0.1, -0.05) is 13.8 Å². The Labute approximate surface area is 89.6 Å². The second-order valence-corrected chi connectivity index (χ2v) is 3.76. The van der Waals surface area contributed by atoms with E-state index in [-0.39, 0.29) is 19.1 Å². The van der Waals surface area contributed by atoms with E-state index in [9.17, 15) is 9.59 Å². The first-order chi connectivity index (χ1) is 6.88. The lowest BCUT2D eigenvalue weighted by atomic mass is 9.88. The van der Waals surface area contributed by atoms with Gasteiger partial charge in [-0.25, -0.2) is 0 Å². The smallest absolute Gasteiger partial charge is 0.323 e. The monoisotopic (exact) mass is 217 g/mol. The predicted molar refractivity (Wildman–Crippen MR) is 55.3 cm³/mol. The molecule has 0 saturated heterocycles. The van der Waals surface area contributed by atoms with E-state index in [2.05, 4.69) is 0 Å². The quantitative estimate of drug-likeness (QED) is 0.506. The van der Waals surface area contributed by atoms with Crippen LogP contribution in [-0.4, -0.2) is 29.7 Å². The molecule has 2 unspecified atom stereocenters. The SMILES string of the molecule is CCC(N)COC(=O)C(C)(CC)C(=O)O. The summed E-state index contributed by atoms with van der Waals surface area (Å²) in [5, 5.41) is 8.89. The van der Waals surface area contributed by atoms with Gasteiger partial charge in [-0.15, -0.1) is 0 Å². The van der Waals surface area contributed by atoms with Crippen LogP contribution in [0.1, 0.15) is 33.6 Å². The predicted octanol–water partition coefficient (Wildman–Crippen LogP) is 0.768. The lowest BCUT2D eigenvalue weighted by Crippen LogP contribution is -2.39. The van der Waals surface area contributed by atoms with Gasteiger partial charge in [0, 0.05) is 6.04 Å². The van der Waals surface area contributed by atoms with E-state index in [0.717, 1.165) is 0 Å². The normalized spacial score (nSPS) is 16.5. The molecule has 0 saturated carbocycles. The number of esters is 1. The van der Waals surface area contributed by atoms with Crippen LogP contribution < -0.4 is 5.73 Å². The highest BCUT2D eigenvalue weighted by atomic mass is 16.5. The van der Waals surface area contributed by atoms with Crippen molar-refractivity contribution >= 4 is 11.9 Å². The van der Waals surface area contributed by atoms with Crippen molar-refractivity contribution in [1.29, 1.82) is 0 Å². The van der Waals surface area contributed by atoms with E-state index in [4.69, 9.17) is 15.6 Å². The average molecular weight is 217 g/mol. The van der Waals surface area contributed by atoms with E-state index in [0.29, 0.717) is 6.42 Å². The number of hydrogen-bond donors (Lipinski definition) is 2. The highest BCUT2D eigenvalue weighted by Crippen LogP contribution is 2.23. The zero-order valence-corrected chi connectivity index (χ0v) is 9.45. The zero-order valence-electron chi connectivity index (χ0n) is 9.45. The number of carbonyl (C=O) groups excluding carboxylic acids is 1. The summed E-state index contributed by atoms with van der Waals surface area (Å²) in [5.41, 5.74) is 4.09. The van der Waals surface area contributed by atoms with Gasteiger partial charge in [-0.05, 0) is 19.8 Å². The Morgan fingerprint density at radius 3 is 2.33 bits per heavy atom. The zero-order chi connectivity index (χ0) is 12.1. The summed E-state index contributed by atoms with van der Waals surface area (Å²) in [7, 11) is 0. The minimum absolute atomic E-state index is 0.0677. The van der Waals surface area contributed by atoms with E-state index < -0.39 is 17.4 Å². The molecule has 0 radical (unpaired) electrons. The first-order valence-electron chi connectivity index (χ1n) is 5.04. The third kappa shape index (κ3) is 3.51. The van der Waals surface area contributed by atoms with Crippen LogP contribution in [0.15, 0.2) is 0 Å². The Bertz CT molecular complexity index is 242. The first kappa shape index (κ1) is 13.9. The van der Waals surface area contributed by atoms with Gasteiger partial charge >= 0.3 is 11.9 Å². The molecule has 0 aromatic carbocycles. The topological polar surface area (TPSA) is 89.6 Å². The molecule has 5 nitrogen and oxygen atoms in total. The molecule has 0 fully saturated rings. The standard InChI is InChI=1S/C10H19NO4/c1-4-7(11)6-15-9(14)10(3,5-2)8(12)13/h7H,4-6,11H2,1-3H3,(H,12,13). The molecule has 0 amide bonds. The maximum Gasteiger partial charge on any atom is 0.323 e. The van der Waals surface area contributed by atoms with Crippen LogP contribution in [0, 0.1) is 5.41 Å². The number of carboxylic acid groups (broad SMARTS) is 1. The molecule has 0 aromatic heterocycles. The highest BCUT2D eigenvalue weighted by molar-refractivity contribution is 5.98. The van der Waals surface area contributed by atoms with Crippen molar-refractivity contribution in [3.05, 3.63) is 0 Å². The van der Waals surface area contributed by atoms with Crippen LogP contribution in [0.3, 0.4) is 0 Å². The third-order valence-corrected chi connectivity index (χ3v) is 2.58. The van der Waals surface area contributed by atoms with Crippen LogP contribution >= 0.6 is 0 Å². The van der Waals surface area contributed by atoms with Gasteiger partial charge in [-0.2, -0.15) is 0 Å². The Hall–Kier alpha value is -1.10. The molecular weight excluding hydrogens is 198 g/mol. The van der Waals surface area contributed by atoms with Crippen LogP contribution in [-0.2, 0) is 14.3 Å². The van der Waals surface area contributed by atoms with Crippen molar-refractivity contribution in [2.45, 2.75) is 39.7 Å². The molecule has 0 spiro atoms. The van der Waals surface area contributed by atoms with Crippen molar-refractivity contribution in [2.75, 3.05) is 6.61 Å². The molecule has 5 heteroatoms. The summed E-state index contributed by atoms with van der Waals surface area (Å²) in [6.07, 6.45) is 0.881. The number of hydrogen-bond acceptors (Lipinski definition) is 4. The van der Waals surface area contributed by atoms with Gasteiger partial charge in [0.15, 0.2) is 5.41 Å². The van der Waals surface area contributed by atoms with E-state index in [1.165, 1.54) is 6.92 Å². The lowest BCUT2D eigenvalue weighted by Gasteiger charge is -2.21. The average Bonchev–Trinajstić information content (AvgIpc) is 2.23. The summed E-state index contributed by atoms with van der Waals surface area (Å²) in [6.45, 7) is 4.93. The Morgan fingerprint density at radius 2 is 2.00 bits per heavy atom. The summed E-state index contributed by atoms with van der Waals surface area (Å²) in [4.78, 5) is 22.4. The van der Waals surface area contributed by atoms with Gasteiger partial charge in [0.25, 0.3) is 0 Å².